The van der Waals surface area contributed by atoms with Gasteiger partial charge in [-0.15, -0.1) is 11.6 Å². The second-order valence-corrected chi connectivity index (χ2v) is 3.94. The van der Waals surface area contributed by atoms with Gasteiger partial charge in [0.05, 0.1) is 0 Å². The van der Waals surface area contributed by atoms with Crippen LogP contribution in [0.1, 0.15) is 32.3 Å². The smallest absolute Gasteiger partial charge is 0.115 e. The third-order valence-electron chi connectivity index (χ3n) is 3.09. The van der Waals surface area contributed by atoms with Crippen LogP contribution in [0, 0.1) is 0 Å². The summed E-state index contributed by atoms with van der Waals surface area (Å²) in [7, 11) is 0. The maximum absolute atomic E-state index is 9.21. The van der Waals surface area contributed by atoms with Crippen LogP contribution >= 0.6 is 11.6 Å². The van der Waals surface area contributed by atoms with Crippen molar-refractivity contribution in [2.24, 2.45) is 0 Å². The van der Waals surface area contributed by atoms with Crippen molar-refractivity contribution in [2.45, 2.75) is 32.1 Å². The van der Waals surface area contributed by atoms with Crippen LogP contribution in [-0.2, 0) is 5.41 Å². The van der Waals surface area contributed by atoms with Crippen LogP contribution in [0.5, 0.6) is 5.75 Å². The number of hydrogen-bond donors (Lipinski definition) is 1. The molecule has 0 fully saturated rings. The molecule has 1 nitrogen and oxygen atoms in total. The van der Waals surface area contributed by atoms with E-state index in [1.807, 2.05) is 12.1 Å². The minimum atomic E-state index is 0.0647. The predicted molar refractivity (Wildman–Crippen MR) is 61.1 cm³/mol. The Morgan fingerprint density at radius 3 is 2.00 bits per heavy atom. The van der Waals surface area contributed by atoms with Gasteiger partial charge in [0.25, 0.3) is 0 Å². The summed E-state index contributed by atoms with van der Waals surface area (Å²) in [6.45, 7) is 4.30. The molecular formula is C12H17ClO. The third-order valence-corrected chi connectivity index (χ3v) is 3.60. The second-order valence-electron chi connectivity index (χ2n) is 3.67. The Morgan fingerprint density at radius 2 is 1.64 bits per heavy atom. The van der Waals surface area contributed by atoms with E-state index in [1.54, 1.807) is 12.1 Å². The van der Waals surface area contributed by atoms with Gasteiger partial charge in [-0.25, -0.2) is 0 Å². The Bertz CT molecular complexity index is 267. The Morgan fingerprint density at radius 1 is 1.14 bits per heavy atom. The lowest BCUT2D eigenvalue weighted by molar-refractivity contribution is 0.441. The van der Waals surface area contributed by atoms with E-state index in [0.29, 0.717) is 11.6 Å². The van der Waals surface area contributed by atoms with Crippen LogP contribution in [0.15, 0.2) is 24.3 Å². The van der Waals surface area contributed by atoms with Crippen LogP contribution in [-0.4, -0.2) is 11.0 Å². The molecule has 78 valence electrons. The fourth-order valence-corrected chi connectivity index (χ4v) is 2.27. The zero-order valence-electron chi connectivity index (χ0n) is 8.76. The largest absolute Gasteiger partial charge is 0.508 e. The molecule has 0 atom stereocenters. The van der Waals surface area contributed by atoms with Crippen molar-refractivity contribution in [3.05, 3.63) is 29.8 Å². The molecule has 0 saturated heterocycles. The van der Waals surface area contributed by atoms with Crippen molar-refractivity contribution in [3.63, 3.8) is 0 Å². The number of hydrogen-bond acceptors (Lipinski definition) is 1. The van der Waals surface area contributed by atoms with Crippen LogP contribution in [0.4, 0.5) is 0 Å². The first-order valence-electron chi connectivity index (χ1n) is 5.04. The highest BCUT2D eigenvalue weighted by Crippen LogP contribution is 2.33. The van der Waals surface area contributed by atoms with Gasteiger partial charge in [0.15, 0.2) is 0 Å². The first-order chi connectivity index (χ1) is 6.68. The number of aromatic hydroxyl groups is 1. The van der Waals surface area contributed by atoms with Crippen LogP contribution < -0.4 is 0 Å². The van der Waals surface area contributed by atoms with Gasteiger partial charge in [0.2, 0.25) is 0 Å². The van der Waals surface area contributed by atoms with Gasteiger partial charge < -0.3 is 5.11 Å². The maximum Gasteiger partial charge on any atom is 0.115 e. The highest BCUT2D eigenvalue weighted by molar-refractivity contribution is 6.18. The molecule has 14 heavy (non-hydrogen) atoms. The molecule has 0 aliphatic carbocycles. The molecule has 0 heterocycles. The predicted octanol–water partition coefficient (Wildman–Crippen LogP) is 3.69. The van der Waals surface area contributed by atoms with Gasteiger partial charge >= 0.3 is 0 Å². The summed E-state index contributed by atoms with van der Waals surface area (Å²) >= 11 is 6.04. The minimum absolute atomic E-state index is 0.0647. The second kappa shape index (κ2) is 4.70. The Labute approximate surface area is 90.7 Å². The topological polar surface area (TPSA) is 20.2 Å². The fourth-order valence-electron chi connectivity index (χ4n) is 1.74. The summed E-state index contributed by atoms with van der Waals surface area (Å²) in [6, 6.07) is 7.37. The van der Waals surface area contributed by atoms with Crippen molar-refractivity contribution >= 4 is 11.6 Å². The number of halogens is 1. The molecule has 1 aromatic carbocycles. The lowest BCUT2D eigenvalue weighted by atomic mass is 9.78. The number of alkyl halides is 1. The molecule has 0 saturated carbocycles. The molecule has 0 aliphatic rings. The molecule has 0 bridgehead atoms. The number of rotatable bonds is 4. The van der Waals surface area contributed by atoms with E-state index in [2.05, 4.69) is 13.8 Å². The Kier molecular flexibility index (Phi) is 3.82. The van der Waals surface area contributed by atoms with E-state index >= 15 is 0 Å². The van der Waals surface area contributed by atoms with Gasteiger partial charge in [-0.2, -0.15) is 0 Å². The number of phenols is 1. The fraction of sp³-hybridized carbons (Fsp3) is 0.500. The first-order valence-corrected chi connectivity index (χ1v) is 5.57. The quantitative estimate of drug-likeness (QED) is 0.755. The SMILES string of the molecule is CCC(CC)(CCl)c1ccc(O)cc1. The first kappa shape index (κ1) is 11.4. The van der Waals surface area contributed by atoms with Crippen LogP contribution in [0.2, 0.25) is 0 Å². The summed E-state index contributed by atoms with van der Waals surface area (Å²) in [5.74, 6) is 0.939. The highest BCUT2D eigenvalue weighted by Gasteiger charge is 2.26. The van der Waals surface area contributed by atoms with Crippen molar-refractivity contribution in [1.29, 1.82) is 0 Å². The van der Waals surface area contributed by atoms with Gasteiger partial charge in [-0.1, -0.05) is 26.0 Å². The van der Waals surface area contributed by atoms with E-state index in [1.165, 1.54) is 5.56 Å². The molecule has 1 aromatic rings. The molecule has 0 aromatic heterocycles. The van der Waals surface area contributed by atoms with Crippen LogP contribution in [0.25, 0.3) is 0 Å². The maximum atomic E-state index is 9.21. The summed E-state index contributed by atoms with van der Waals surface area (Å²) < 4.78 is 0. The molecule has 1 rings (SSSR count). The lowest BCUT2D eigenvalue weighted by Crippen LogP contribution is -2.26. The van der Waals surface area contributed by atoms with E-state index in [4.69, 9.17) is 11.6 Å². The van der Waals surface area contributed by atoms with Crippen LogP contribution in [0.3, 0.4) is 0 Å². The molecule has 0 aliphatic heterocycles. The van der Waals surface area contributed by atoms with E-state index in [0.717, 1.165) is 12.8 Å². The summed E-state index contributed by atoms with van der Waals surface area (Å²) in [5, 5.41) is 9.21. The van der Waals surface area contributed by atoms with Gasteiger partial charge in [-0.05, 0) is 30.5 Å². The normalized spacial score (nSPS) is 11.6. The van der Waals surface area contributed by atoms with Gasteiger partial charge in [-0.3, -0.25) is 0 Å². The average molecular weight is 213 g/mol. The zero-order valence-corrected chi connectivity index (χ0v) is 9.51. The molecular weight excluding hydrogens is 196 g/mol. The Balaban J connectivity index is 3.05. The molecule has 0 amide bonds. The monoisotopic (exact) mass is 212 g/mol. The van der Waals surface area contributed by atoms with Crippen molar-refractivity contribution in [1.82, 2.24) is 0 Å². The van der Waals surface area contributed by atoms with Crippen molar-refractivity contribution in [3.8, 4) is 5.75 Å². The Hall–Kier alpha value is -0.690. The average Bonchev–Trinajstić information content (AvgIpc) is 2.24. The van der Waals surface area contributed by atoms with Crippen molar-refractivity contribution < 1.29 is 5.11 Å². The lowest BCUT2D eigenvalue weighted by Gasteiger charge is -2.29. The van der Waals surface area contributed by atoms with E-state index < -0.39 is 0 Å². The number of phenolic OH excluding ortho intramolecular Hbond substituents is 1. The molecule has 0 unspecified atom stereocenters. The molecule has 1 N–H and O–H groups in total. The third kappa shape index (κ3) is 2.03. The van der Waals surface area contributed by atoms with E-state index in [-0.39, 0.29) is 5.41 Å². The number of benzene rings is 1. The van der Waals surface area contributed by atoms with Gasteiger partial charge in [0, 0.05) is 11.3 Å². The minimum Gasteiger partial charge on any atom is -0.508 e. The molecule has 0 radical (unpaired) electrons. The van der Waals surface area contributed by atoms with E-state index in [9.17, 15) is 5.11 Å². The highest BCUT2D eigenvalue weighted by atomic mass is 35.5. The molecule has 2 heteroatoms. The standard InChI is InChI=1S/C12H17ClO/c1-3-12(4-2,9-13)10-5-7-11(14)8-6-10/h5-8,14H,3-4,9H2,1-2H3. The van der Waals surface area contributed by atoms with Crippen molar-refractivity contribution in [2.75, 3.05) is 5.88 Å². The summed E-state index contributed by atoms with van der Waals surface area (Å²) in [6.07, 6.45) is 2.05. The zero-order chi connectivity index (χ0) is 10.6. The summed E-state index contributed by atoms with van der Waals surface area (Å²) in [5.41, 5.74) is 1.28. The molecule has 0 spiro atoms. The van der Waals surface area contributed by atoms with Gasteiger partial charge in [0.1, 0.15) is 5.75 Å². The summed E-state index contributed by atoms with van der Waals surface area (Å²) in [4.78, 5) is 0.